The Balaban J connectivity index is -0.000000405. The van der Waals surface area contributed by atoms with Crippen molar-refractivity contribution in [3.05, 3.63) is 375 Å². The third kappa shape index (κ3) is 51.6. The SMILES string of the molecule is CC1CCC(C2CCC(CCc3cc[c-]c(F)c3Cl)CC2)CC1.CC1CCC(C2CCC(c3cc[c-]c(F)c3Cl)CC2)CC1.CC1CCC(c2ccc(-c3cc[c-]c(F)c3Cl)cc2)CC1.CC1CCC(c2ccc(CCc3cc[c-]c(F)c3Cl)cc2)CC1.Cc1ccc(-c2ccc(-c3cc[c-]c(F)c3Cl)cc2)cc1.Cc1ccc(-c2ccc(CCc3cc[c-]c(F)c3Cl)cc2)cc1.[H-].[H-].[H-].[H-].[H-].[H-].[Rb+].[Rb+].[Rb+].[Rb+].[Rb+].[Rb+].[Rb+].[Rb+].[Rb+].[Rb+].[Rb+].[Rb+]. The van der Waals surface area contributed by atoms with Gasteiger partial charge in [-0.15, -0.1) is 69.8 Å². The monoisotopic (exact) mass is 2920 g/mol. The first kappa shape index (κ1) is 156. The van der Waals surface area contributed by atoms with Gasteiger partial charge in [0, 0.05) is 34.9 Å². The van der Waals surface area contributed by atoms with Crippen LogP contribution in [0, 0.1) is 138 Å². The van der Waals surface area contributed by atoms with Crippen LogP contribution in [0.2, 0.25) is 30.1 Å². The summed E-state index contributed by atoms with van der Waals surface area (Å²) in [7, 11) is 0. The maximum absolute atomic E-state index is 13.6. The second-order valence-corrected chi connectivity index (χ2v) is 41.0. The van der Waals surface area contributed by atoms with Gasteiger partial charge in [0.1, 0.15) is 0 Å². The first-order chi connectivity index (χ1) is 63.8. The Morgan fingerprint density at radius 3 is 0.812 bits per heavy atom. The minimum atomic E-state index is -0.517. The largest absolute Gasteiger partial charge is 1.00 e. The van der Waals surface area contributed by atoms with Crippen molar-refractivity contribution < 1.29 is 733 Å². The summed E-state index contributed by atoms with van der Waals surface area (Å²) in [6, 6.07) is 86.4. The van der Waals surface area contributed by atoms with Crippen LogP contribution in [0.5, 0.6) is 0 Å². The van der Waals surface area contributed by atoms with Crippen molar-refractivity contribution in [3.63, 3.8) is 0 Å². The van der Waals surface area contributed by atoms with Crippen LogP contribution in [0.4, 0.5) is 26.3 Å². The molecule has 708 valence electrons. The number of benzene rings is 12. The van der Waals surface area contributed by atoms with E-state index in [4.69, 9.17) is 69.6 Å². The maximum Gasteiger partial charge on any atom is 1.00 e. The smallest absolute Gasteiger partial charge is 1.00 e. The van der Waals surface area contributed by atoms with Gasteiger partial charge in [-0.25, -0.2) is 26.3 Å². The third-order valence-corrected chi connectivity index (χ3v) is 31.8. The number of rotatable bonds is 18. The standard InChI is InChI=1S/C21H29ClF.C21H23ClF.C21H17ClF.C19H25ClF.C19H19ClF.C19H13ClF.12Rb.6H/c3*1-15-5-10-17(11-6-15)18-12-7-16(8-13-18)9-14-19-3-2-4-20(23)21(19)22;3*1-13-5-7-14(8-6-13)15-9-11-16(12-10-15)17-3-2-4-18(21)19(17)20;;;;;;;;;;;;;;;;;;/h2-3,15-18H,5-14H2,1H3;2-3,7-8,12-13,15,17H,5-6,9-11,14H2,1H3;2-3,5-8,10-13H,9,14H2,1H3;2-3,13-16H,5-12H2,1H3;2-3,9-14H,5-8H2,1H3;2-3,5-12H,1H3;;;;;;;;;;;;;;;;;;/q6*-1;12*+1;6*-1. The minimum absolute atomic E-state index is 0. The van der Waals surface area contributed by atoms with Gasteiger partial charge >= 0.3 is 698 Å². The molecule has 0 unspecified atom stereocenters. The number of hydrogen-bond donors (Lipinski definition) is 0. The van der Waals surface area contributed by atoms with Gasteiger partial charge in [0.05, 0.1) is 0 Å². The summed E-state index contributed by atoms with van der Waals surface area (Å²) in [5, 5.41) is 1.23. The molecule has 24 heteroatoms. The van der Waals surface area contributed by atoms with Crippen LogP contribution >= 0.6 is 69.6 Å². The fourth-order valence-electron chi connectivity index (χ4n) is 20.8. The molecule has 12 aromatic carbocycles. The molecule has 0 aliphatic heterocycles. The Kier molecular flexibility index (Phi) is 91.5. The second-order valence-electron chi connectivity index (χ2n) is 38.7. The van der Waals surface area contributed by atoms with Gasteiger partial charge in [-0.2, -0.15) is 142 Å². The molecule has 0 nitrogen and oxygen atoms in total. The zero-order valence-electron chi connectivity index (χ0n) is 95.5. The summed E-state index contributed by atoms with van der Waals surface area (Å²) in [6.07, 6.45) is 37.7. The molecule has 0 bridgehead atoms. The van der Waals surface area contributed by atoms with Gasteiger partial charge in [-0.05, 0) is 299 Å². The van der Waals surface area contributed by atoms with Crippen molar-refractivity contribution in [2.45, 2.75) is 252 Å². The van der Waals surface area contributed by atoms with E-state index in [0.717, 1.165) is 141 Å². The van der Waals surface area contributed by atoms with Gasteiger partial charge in [0.2, 0.25) is 0 Å². The molecule has 6 aliphatic rings. The van der Waals surface area contributed by atoms with Crippen molar-refractivity contribution in [1.29, 1.82) is 0 Å². The summed E-state index contributed by atoms with van der Waals surface area (Å²) < 4.78 is 80.7. The second kappa shape index (κ2) is 84.7. The van der Waals surface area contributed by atoms with E-state index >= 15 is 0 Å². The number of aryl methyl sites for hydroxylation is 7. The Morgan fingerprint density at radius 2 is 0.472 bits per heavy atom. The van der Waals surface area contributed by atoms with Crippen LogP contribution in [-0.4, -0.2) is 0 Å². The Bertz CT molecular complexity index is 5630. The van der Waals surface area contributed by atoms with E-state index in [-0.39, 0.29) is 732 Å². The summed E-state index contributed by atoms with van der Waals surface area (Å²) in [5.74, 6) is 7.38. The van der Waals surface area contributed by atoms with Crippen LogP contribution in [0.25, 0.3) is 44.5 Å². The molecule has 0 atom stereocenters. The predicted octanol–water partition coefficient (Wildman–Crippen LogP) is 2.51. The van der Waals surface area contributed by atoms with Gasteiger partial charge < -0.3 is 8.56 Å². The molecule has 6 aliphatic carbocycles. The van der Waals surface area contributed by atoms with Crippen LogP contribution in [0.3, 0.4) is 0 Å². The number of halogens is 12. The summed E-state index contributed by atoms with van der Waals surface area (Å²) in [5.41, 5.74) is 19.4. The van der Waals surface area contributed by atoms with Crippen molar-refractivity contribution in [2.24, 2.45) is 53.3 Å². The number of hydrogen-bond acceptors (Lipinski definition) is 0. The molecule has 0 heterocycles. The summed E-state index contributed by atoms with van der Waals surface area (Å²) in [4.78, 5) is 0. The fraction of sp³-hybridized carbons (Fsp3) is 0.400. The van der Waals surface area contributed by atoms with Gasteiger partial charge in [0.15, 0.2) is 0 Å². The molecule has 0 saturated heterocycles. The summed E-state index contributed by atoms with van der Waals surface area (Å²) >= 11 is 36.1. The predicted molar refractivity (Wildman–Crippen MR) is 549 cm³/mol. The van der Waals surface area contributed by atoms with E-state index in [1.165, 1.54) is 199 Å². The molecular formula is C120H132Cl6F6Rb12. The zero-order valence-corrected chi connectivity index (χ0v) is 153. The molecular weight excluding hydrogens is 2790 g/mol. The van der Waals surface area contributed by atoms with Crippen LogP contribution in [-0.2, 0) is 32.1 Å². The molecule has 0 spiro atoms. The van der Waals surface area contributed by atoms with Crippen LogP contribution in [0.1, 0.15) is 270 Å². The first-order valence-corrected chi connectivity index (χ1v) is 50.7. The van der Waals surface area contributed by atoms with Gasteiger partial charge in [-0.3, -0.25) is 0 Å². The van der Waals surface area contributed by atoms with Crippen molar-refractivity contribution >= 4 is 69.6 Å². The Labute approximate surface area is 1490 Å². The quantitative estimate of drug-likeness (QED) is 0.0918. The van der Waals surface area contributed by atoms with Crippen LogP contribution in [0.15, 0.2) is 218 Å². The fourth-order valence-corrected chi connectivity index (χ4v) is 22.1. The van der Waals surface area contributed by atoms with E-state index in [2.05, 4.69) is 187 Å². The minimum Gasteiger partial charge on any atom is -1.00 e. The average molecular weight is 2930 g/mol. The molecule has 0 radical (unpaired) electrons. The molecule has 6 saturated carbocycles. The normalized spacial score (nSPS) is 20.0. The molecule has 0 N–H and O–H groups in total. The average Bonchev–Trinajstić information content (AvgIpc) is 0.822. The summed E-state index contributed by atoms with van der Waals surface area (Å²) in [6.45, 7) is 13.6. The van der Waals surface area contributed by atoms with E-state index in [9.17, 15) is 26.3 Å². The molecule has 12 aromatic rings. The molecule has 18 rings (SSSR count). The zero-order chi connectivity index (χ0) is 93.2. The van der Waals surface area contributed by atoms with Crippen LogP contribution < -0.4 is 698 Å². The Hall–Kier alpha value is 13.6. The third-order valence-electron chi connectivity index (χ3n) is 29.4. The maximum atomic E-state index is 13.6. The molecule has 0 aromatic heterocycles. The van der Waals surface area contributed by atoms with Gasteiger partial charge in [-0.1, -0.05) is 249 Å². The van der Waals surface area contributed by atoms with Crippen molar-refractivity contribution in [2.75, 3.05) is 0 Å². The molecule has 144 heavy (non-hydrogen) atoms. The van der Waals surface area contributed by atoms with Crippen molar-refractivity contribution in [3.8, 4) is 44.5 Å². The molecule has 6 fully saturated rings. The van der Waals surface area contributed by atoms with E-state index in [1.54, 1.807) is 42.5 Å². The van der Waals surface area contributed by atoms with E-state index in [0.29, 0.717) is 28.8 Å². The van der Waals surface area contributed by atoms with E-state index < -0.39 is 34.9 Å². The molecule has 0 amide bonds. The Morgan fingerprint density at radius 1 is 0.236 bits per heavy atom. The topological polar surface area (TPSA) is 0 Å². The first-order valence-electron chi connectivity index (χ1n) is 48.5. The van der Waals surface area contributed by atoms with Crippen molar-refractivity contribution in [1.82, 2.24) is 0 Å². The van der Waals surface area contributed by atoms with Gasteiger partial charge in [0.25, 0.3) is 0 Å². The van der Waals surface area contributed by atoms with E-state index in [1.807, 2.05) is 66.7 Å².